The molecule has 3 rings (SSSR count). The normalized spacial score (nSPS) is 11.5. The van der Waals surface area contributed by atoms with Crippen molar-refractivity contribution in [2.24, 2.45) is 0 Å². The number of para-hydroxylation sites is 1. The van der Waals surface area contributed by atoms with Gasteiger partial charge in [0, 0.05) is 11.8 Å². The number of carbonyl (C=O) groups excluding carboxylic acids is 1. The minimum atomic E-state index is -1.15. The van der Waals surface area contributed by atoms with Gasteiger partial charge in [0.05, 0.1) is 17.1 Å². The number of hydrogen-bond acceptors (Lipinski definition) is 4. The monoisotopic (exact) mass is 345 g/mol. The standard InChI is InChI=1S/C20H15N3O3/c21-12-14-5-3-4-13(10-14)11-18(20(25)26)23-19(24)17-9-8-15-6-1-2-7-16(15)22-17/h1-10,18H,11H2,(H,23,24)(H,25,26)/t18-/m1/s1. The Kier molecular flexibility index (Phi) is 4.90. The number of fused-ring (bicyclic) bond motifs is 1. The molecular formula is C20H15N3O3. The van der Waals surface area contributed by atoms with Gasteiger partial charge in [-0.25, -0.2) is 9.78 Å². The van der Waals surface area contributed by atoms with E-state index in [4.69, 9.17) is 5.26 Å². The average molecular weight is 345 g/mol. The summed E-state index contributed by atoms with van der Waals surface area (Å²) in [4.78, 5) is 28.2. The Morgan fingerprint density at radius 3 is 2.69 bits per heavy atom. The van der Waals surface area contributed by atoms with Gasteiger partial charge in [-0.2, -0.15) is 5.26 Å². The number of aromatic nitrogens is 1. The molecule has 1 atom stereocenters. The first-order valence-corrected chi connectivity index (χ1v) is 7.95. The third-order valence-electron chi connectivity index (χ3n) is 3.93. The molecule has 0 aliphatic heterocycles. The summed E-state index contributed by atoms with van der Waals surface area (Å²) in [5.41, 5.74) is 1.91. The predicted octanol–water partition coefficient (Wildman–Crippen LogP) is 2.53. The summed E-state index contributed by atoms with van der Waals surface area (Å²) >= 11 is 0. The van der Waals surface area contributed by atoms with Gasteiger partial charge >= 0.3 is 5.97 Å². The van der Waals surface area contributed by atoms with Crippen molar-refractivity contribution in [3.8, 4) is 6.07 Å². The van der Waals surface area contributed by atoms with E-state index in [1.807, 2.05) is 24.3 Å². The molecule has 1 amide bonds. The molecular weight excluding hydrogens is 330 g/mol. The summed E-state index contributed by atoms with van der Waals surface area (Å²) in [5.74, 6) is -1.71. The van der Waals surface area contributed by atoms with Gasteiger partial charge in [0.2, 0.25) is 0 Å². The molecule has 2 N–H and O–H groups in total. The molecule has 0 bridgehead atoms. The first kappa shape index (κ1) is 17.1. The highest BCUT2D eigenvalue weighted by molar-refractivity contribution is 5.97. The number of nitrogens with one attached hydrogen (secondary N) is 1. The van der Waals surface area contributed by atoms with E-state index in [1.165, 1.54) is 0 Å². The number of carboxylic acids is 1. The number of rotatable bonds is 5. The zero-order chi connectivity index (χ0) is 18.5. The molecule has 1 heterocycles. The van der Waals surface area contributed by atoms with Crippen LogP contribution in [0.4, 0.5) is 0 Å². The SMILES string of the molecule is N#Cc1cccc(C[C@@H](NC(=O)c2ccc3ccccc3n2)C(=O)O)c1. The second kappa shape index (κ2) is 7.45. The van der Waals surface area contributed by atoms with Crippen LogP contribution in [-0.2, 0) is 11.2 Å². The summed E-state index contributed by atoms with van der Waals surface area (Å²) in [7, 11) is 0. The average Bonchev–Trinajstić information content (AvgIpc) is 2.67. The Morgan fingerprint density at radius 1 is 1.12 bits per heavy atom. The lowest BCUT2D eigenvalue weighted by Crippen LogP contribution is -2.42. The lowest BCUT2D eigenvalue weighted by molar-refractivity contribution is -0.139. The van der Waals surface area contributed by atoms with Crippen molar-refractivity contribution < 1.29 is 14.7 Å². The predicted molar refractivity (Wildman–Crippen MR) is 95.5 cm³/mol. The molecule has 26 heavy (non-hydrogen) atoms. The van der Waals surface area contributed by atoms with E-state index < -0.39 is 17.9 Å². The fourth-order valence-electron chi connectivity index (χ4n) is 2.63. The minimum Gasteiger partial charge on any atom is -0.480 e. The molecule has 0 fully saturated rings. The maximum Gasteiger partial charge on any atom is 0.326 e. The zero-order valence-electron chi connectivity index (χ0n) is 13.7. The van der Waals surface area contributed by atoms with Crippen molar-refractivity contribution in [2.75, 3.05) is 0 Å². The highest BCUT2D eigenvalue weighted by Gasteiger charge is 2.22. The van der Waals surface area contributed by atoms with Crippen LogP contribution < -0.4 is 5.32 Å². The maximum absolute atomic E-state index is 12.4. The van der Waals surface area contributed by atoms with Crippen LogP contribution in [0.3, 0.4) is 0 Å². The number of amides is 1. The molecule has 6 heteroatoms. The molecule has 0 unspecified atom stereocenters. The molecule has 1 aromatic heterocycles. The van der Waals surface area contributed by atoms with Crippen LogP contribution in [0.1, 0.15) is 21.6 Å². The van der Waals surface area contributed by atoms with Gasteiger partial charge < -0.3 is 10.4 Å². The van der Waals surface area contributed by atoms with Crippen molar-refractivity contribution in [3.05, 3.63) is 77.5 Å². The molecule has 3 aromatic rings. The van der Waals surface area contributed by atoms with Crippen molar-refractivity contribution in [1.29, 1.82) is 5.26 Å². The highest BCUT2D eigenvalue weighted by atomic mass is 16.4. The lowest BCUT2D eigenvalue weighted by atomic mass is 10.0. The number of nitriles is 1. The van der Waals surface area contributed by atoms with Crippen LogP contribution in [0, 0.1) is 11.3 Å². The minimum absolute atomic E-state index is 0.0736. The quantitative estimate of drug-likeness (QED) is 0.739. The van der Waals surface area contributed by atoms with E-state index in [2.05, 4.69) is 10.3 Å². The third kappa shape index (κ3) is 3.84. The number of carboxylic acid groups (broad SMARTS) is 1. The Balaban J connectivity index is 1.79. The van der Waals surface area contributed by atoms with Gasteiger partial charge in [-0.15, -0.1) is 0 Å². The van der Waals surface area contributed by atoms with Crippen LogP contribution in [0.2, 0.25) is 0 Å². The topological polar surface area (TPSA) is 103 Å². The van der Waals surface area contributed by atoms with Gasteiger partial charge in [-0.05, 0) is 29.8 Å². The smallest absolute Gasteiger partial charge is 0.326 e. The number of benzene rings is 2. The maximum atomic E-state index is 12.4. The van der Waals surface area contributed by atoms with E-state index in [9.17, 15) is 14.7 Å². The number of nitrogens with zero attached hydrogens (tertiary/aromatic N) is 2. The van der Waals surface area contributed by atoms with Gasteiger partial charge in [-0.3, -0.25) is 4.79 Å². The Bertz CT molecular complexity index is 1020. The molecule has 0 spiro atoms. The van der Waals surface area contributed by atoms with Crippen LogP contribution in [-0.4, -0.2) is 28.0 Å². The Hall–Kier alpha value is -3.72. The Labute approximate surface area is 149 Å². The molecule has 0 aliphatic rings. The van der Waals surface area contributed by atoms with E-state index >= 15 is 0 Å². The number of carbonyl (C=O) groups is 2. The zero-order valence-corrected chi connectivity index (χ0v) is 13.7. The summed E-state index contributed by atoms with van der Waals surface area (Å²) in [6.45, 7) is 0. The van der Waals surface area contributed by atoms with Gasteiger partial charge in [-0.1, -0.05) is 36.4 Å². The number of pyridine rings is 1. The first-order chi connectivity index (χ1) is 12.6. The van der Waals surface area contributed by atoms with Crippen molar-refractivity contribution >= 4 is 22.8 Å². The van der Waals surface area contributed by atoms with Crippen LogP contribution in [0.25, 0.3) is 10.9 Å². The van der Waals surface area contributed by atoms with Crippen LogP contribution in [0.15, 0.2) is 60.7 Å². The number of aliphatic carboxylic acids is 1. The molecule has 0 aliphatic carbocycles. The van der Waals surface area contributed by atoms with E-state index in [0.717, 1.165) is 5.39 Å². The fraction of sp³-hybridized carbons (Fsp3) is 0.100. The van der Waals surface area contributed by atoms with Gasteiger partial charge in [0.1, 0.15) is 11.7 Å². The third-order valence-corrected chi connectivity index (χ3v) is 3.93. The van der Waals surface area contributed by atoms with Gasteiger partial charge in [0.15, 0.2) is 0 Å². The molecule has 6 nitrogen and oxygen atoms in total. The van der Waals surface area contributed by atoms with Crippen LogP contribution in [0.5, 0.6) is 0 Å². The summed E-state index contributed by atoms with van der Waals surface area (Å²) < 4.78 is 0. The van der Waals surface area contributed by atoms with E-state index in [1.54, 1.807) is 42.5 Å². The Morgan fingerprint density at radius 2 is 1.92 bits per heavy atom. The summed E-state index contributed by atoms with van der Waals surface area (Å²) in [6.07, 6.45) is 0.0736. The van der Waals surface area contributed by atoms with Gasteiger partial charge in [0.25, 0.3) is 5.91 Å². The summed E-state index contributed by atoms with van der Waals surface area (Å²) in [6, 6.07) is 18.2. The number of hydrogen-bond donors (Lipinski definition) is 2. The van der Waals surface area contributed by atoms with Crippen molar-refractivity contribution in [3.63, 3.8) is 0 Å². The second-order valence-electron chi connectivity index (χ2n) is 5.77. The van der Waals surface area contributed by atoms with Crippen molar-refractivity contribution in [1.82, 2.24) is 10.3 Å². The fourth-order valence-corrected chi connectivity index (χ4v) is 2.63. The molecule has 0 saturated heterocycles. The summed E-state index contributed by atoms with van der Waals surface area (Å²) in [5, 5.41) is 21.8. The highest BCUT2D eigenvalue weighted by Crippen LogP contribution is 2.12. The molecule has 128 valence electrons. The molecule has 2 aromatic carbocycles. The largest absolute Gasteiger partial charge is 0.480 e. The lowest BCUT2D eigenvalue weighted by Gasteiger charge is -2.14. The molecule has 0 radical (unpaired) electrons. The van der Waals surface area contributed by atoms with E-state index in [-0.39, 0.29) is 12.1 Å². The second-order valence-corrected chi connectivity index (χ2v) is 5.77. The molecule has 0 saturated carbocycles. The van der Waals surface area contributed by atoms with Crippen molar-refractivity contribution in [2.45, 2.75) is 12.5 Å². The van der Waals surface area contributed by atoms with E-state index in [0.29, 0.717) is 16.6 Å². The van der Waals surface area contributed by atoms with Crippen LogP contribution >= 0.6 is 0 Å². The first-order valence-electron chi connectivity index (χ1n) is 7.95.